The SMILES string of the molecule is Clc1nc2ccccc2c2c1ccc1c3ccccc3sc12. The van der Waals surface area contributed by atoms with Gasteiger partial charge in [-0.1, -0.05) is 60.1 Å². The van der Waals surface area contributed by atoms with Crippen molar-refractivity contribution in [2.24, 2.45) is 0 Å². The number of halogens is 1. The number of hydrogen-bond donors (Lipinski definition) is 0. The first kappa shape index (κ1) is 12.4. The molecule has 0 aliphatic rings. The van der Waals surface area contributed by atoms with Crippen molar-refractivity contribution in [1.29, 1.82) is 0 Å². The first-order valence-corrected chi connectivity index (χ1v) is 8.30. The van der Waals surface area contributed by atoms with Crippen LogP contribution in [0.2, 0.25) is 5.15 Å². The van der Waals surface area contributed by atoms with Crippen molar-refractivity contribution in [3.05, 3.63) is 65.8 Å². The largest absolute Gasteiger partial charge is 0.235 e. The Labute approximate surface area is 135 Å². The van der Waals surface area contributed by atoms with E-state index in [2.05, 4.69) is 53.5 Å². The van der Waals surface area contributed by atoms with Gasteiger partial charge in [0.25, 0.3) is 0 Å². The number of benzene rings is 3. The quantitative estimate of drug-likeness (QED) is 0.237. The van der Waals surface area contributed by atoms with E-state index in [-0.39, 0.29) is 0 Å². The average Bonchev–Trinajstić information content (AvgIpc) is 2.93. The zero-order valence-corrected chi connectivity index (χ0v) is 13.1. The first-order chi connectivity index (χ1) is 10.8. The summed E-state index contributed by atoms with van der Waals surface area (Å²) >= 11 is 8.26. The van der Waals surface area contributed by atoms with Gasteiger partial charge in [0.05, 0.1) is 5.52 Å². The van der Waals surface area contributed by atoms with Crippen LogP contribution in [-0.4, -0.2) is 4.98 Å². The van der Waals surface area contributed by atoms with Gasteiger partial charge in [0, 0.05) is 36.3 Å². The monoisotopic (exact) mass is 319 g/mol. The summed E-state index contributed by atoms with van der Waals surface area (Å²) in [5.41, 5.74) is 0.949. The van der Waals surface area contributed by atoms with E-state index in [1.54, 1.807) is 0 Å². The fraction of sp³-hybridized carbons (Fsp3) is 0. The molecule has 2 heterocycles. The van der Waals surface area contributed by atoms with Gasteiger partial charge in [-0.15, -0.1) is 11.3 Å². The van der Waals surface area contributed by atoms with Crippen molar-refractivity contribution in [2.75, 3.05) is 0 Å². The molecule has 0 amide bonds. The lowest BCUT2D eigenvalue weighted by Crippen LogP contribution is -1.84. The van der Waals surface area contributed by atoms with E-state index >= 15 is 0 Å². The van der Waals surface area contributed by atoms with Crippen molar-refractivity contribution < 1.29 is 0 Å². The van der Waals surface area contributed by atoms with Crippen molar-refractivity contribution in [3.63, 3.8) is 0 Å². The standard InChI is InChI=1S/C19H10ClNS/c20-19-14-10-9-12-11-5-2-4-8-16(11)22-18(12)17(14)13-6-1-3-7-15(13)21-19/h1-10H. The van der Waals surface area contributed by atoms with Crippen LogP contribution in [0.5, 0.6) is 0 Å². The van der Waals surface area contributed by atoms with Gasteiger partial charge in [0.1, 0.15) is 5.15 Å². The predicted octanol–water partition coefficient (Wildman–Crippen LogP) is 6.41. The minimum atomic E-state index is 0.577. The molecule has 3 heteroatoms. The lowest BCUT2D eigenvalue weighted by molar-refractivity contribution is 1.45. The molecule has 3 aromatic carbocycles. The Morgan fingerprint density at radius 1 is 0.727 bits per heavy atom. The van der Waals surface area contributed by atoms with Gasteiger partial charge in [-0.05, 0) is 12.1 Å². The molecule has 0 saturated heterocycles. The fourth-order valence-electron chi connectivity index (χ4n) is 3.18. The number of thiophene rings is 1. The van der Waals surface area contributed by atoms with E-state index in [9.17, 15) is 0 Å². The lowest BCUT2D eigenvalue weighted by Gasteiger charge is -2.06. The van der Waals surface area contributed by atoms with Crippen LogP contribution in [0.15, 0.2) is 60.7 Å². The highest BCUT2D eigenvalue weighted by Gasteiger charge is 2.13. The van der Waals surface area contributed by atoms with Crippen LogP contribution >= 0.6 is 22.9 Å². The lowest BCUT2D eigenvalue weighted by atomic mass is 10.0. The molecule has 5 rings (SSSR count). The van der Waals surface area contributed by atoms with Crippen molar-refractivity contribution in [2.45, 2.75) is 0 Å². The second-order valence-corrected chi connectivity index (χ2v) is 6.79. The summed E-state index contributed by atoms with van der Waals surface area (Å²) < 4.78 is 2.60. The minimum absolute atomic E-state index is 0.577. The summed E-state index contributed by atoms with van der Waals surface area (Å²) in [5, 5.41) is 6.59. The predicted molar refractivity (Wildman–Crippen MR) is 97.1 cm³/mol. The maximum atomic E-state index is 6.43. The summed E-state index contributed by atoms with van der Waals surface area (Å²) in [6.45, 7) is 0. The molecule has 0 atom stereocenters. The van der Waals surface area contributed by atoms with Crippen LogP contribution in [0.25, 0.3) is 41.8 Å². The Kier molecular flexibility index (Phi) is 2.49. The molecule has 0 radical (unpaired) electrons. The average molecular weight is 320 g/mol. The van der Waals surface area contributed by atoms with Gasteiger partial charge in [-0.2, -0.15) is 0 Å². The number of nitrogens with zero attached hydrogens (tertiary/aromatic N) is 1. The Hall–Kier alpha value is -2.16. The van der Waals surface area contributed by atoms with Crippen LogP contribution in [0.4, 0.5) is 0 Å². The van der Waals surface area contributed by atoms with E-state index in [0.29, 0.717) is 5.15 Å². The second kappa shape index (κ2) is 4.42. The molecule has 1 nitrogen and oxygen atoms in total. The highest BCUT2D eigenvalue weighted by Crippen LogP contribution is 2.41. The van der Waals surface area contributed by atoms with Crippen molar-refractivity contribution in [3.8, 4) is 0 Å². The minimum Gasteiger partial charge on any atom is -0.235 e. The van der Waals surface area contributed by atoms with Gasteiger partial charge >= 0.3 is 0 Å². The van der Waals surface area contributed by atoms with E-state index in [0.717, 1.165) is 10.9 Å². The molecule has 2 aromatic heterocycles. The van der Waals surface area contributed by atoms with E-state index in [4.69, 9.17) is 11.6 Å². The van der Waals surface area contributed by atoms with Gasteiger partial charge in [0.15, 0.2) is 0 Å². The molecule has 0 N–H and O–H groups in total. The van der Waals surface area contributed by atoms with Crippen molar-refractivity contribution in [1.82, 2.24) is 4.98 Å². The molecule has 0 unspecified atom stereocenters. The van der Waals surface area contributed by atoms with Crippen LogP contribution in [-0.2, 0) is 0 Å². The molecule has 0 aliphatic heterocycles. The number of para-hydroxylation sites is 1. The molecular weight excluding hydrogens is 310 g/mol. The van der Waals surface area contributed by atoms with E-state index in [1.807, 2.05) is 23.5 Å². The van der Waals surface area contributed by atoms with Crippen LogP contribution in [0.1, 0.15) is 0 Å². The first-order valence-electron chi connectivity index (χ1n) is 7.11. The molecule has 0 bridgehead atoms. The van der Waals surface area contributed by atoms with Gasteiger partial charge in [0.2, 0.25) is 0 Å². The van der Waals surface area contributed by atoms with Gasteiger partial charge < -0.3 is 0 Å². The summed E-state index contributed by atoms with van der Waals surface area (Å²) in [7, 11) is 0. The molecular formula is C19H10ClNS. The summed E-state index contributed by atoms with van der Waals surface area (Å²) in [6, 6.07) is 21.0. The zero-order chi connectivity index (χ0) is 14.7. The number of pyridine rings is 1. The molecule has 0 saturated carbocycles. The van der Waals surface area contributed by atoms with E-state index < -0.39 is 0 Å². The normalized spacial score (nSPS) is 11.9. The molecule has 5 aromatic rings. The Morgan fingerprint density at radius 2 is 1.45 bits per heavy atom. The summed E-state index contributed by atoms with van der Waals surface area (Å²) in [6.07, 6.45) is 0. The third kappa shape index (κ3) is 1.57. The molecule has 22 heavy (non-hydrogen) atoms. The topological polar surface area (TPSA) is 12.9 Å². The van der Waals surface area contributed by atoms with E-state index in [1.165, 1.54) is 30.9 Å². The van der Waals surface area contributed by atoms with Crippen LogP contribution in [0.3, 0.4) is 0 Å². The Balaban J connectivity index is 2.16. The number of fused-ring (bicyclic) bond motifs is 7. The molecule has 0 spiro atoms. The highest BCUT2D eigenvalue weighted by molar-refractivity contribution is 7.26. The zero-order valence-electron chi connectivity index (χ0n) is 11.5. The van der Waals surface area contributed by atoms with Crippen LogP contribution < -0.4 is 0 Å². The van der Waals surface area contributed by atoms with Crippen molar-refractivity contribution >= 4 is 64.8 Å². The van der Waals surface area contributed by atoms with Gasteiger partial charge in [-0.25, -0.2) is 4.98 Å². The Morgan fingerprint density at radius 3 is 2.36 bits per heavy atom. The number of rotatable bonds is 0. The summed E-state index contributed by atoms with van der Waals surface area (Å²) in [5.74, 6) is 0. The third-order valence-corrected chi connectivity index (χ3v) is 5.65. The molecule has 0 aliphatic carbocycles. The number of aromatic nitrogens is 1. The Bertz CT molecular complexity index is 1190. The molecule has 104 valence electrons. The third-order valence-electron chi connectivity index (χ3n) is 4.16. The fourth-order valence-corrected chi connectivity index (χ4v) is 4.69. The summed E-state index contributed by atoms with van der Waals surface area (Å²) in [4.78, 5) is 4.53. The smallest absolute Gasteiger partial charge is 0.137 e. The number of hydrogen-bond acceptors (Lipinski definition) is 2. The maximum absolute atomic E-state index is 6.43. The second-order valence-electron chi connectivity index (χ2n) is 5.38. The van der Waals surface area contributed by atoms with Gasteiger partial charge in [-0.3, -0.25) is 0 Å². The maximum Gasteiger partial charge on any atom is 0.137 e. The highest BCUT2D eigenvalue weighted by atomic mass is 35.5. The van der Waals surface area contributed by atoms with Crippen LogP contribution in [0, 0.1) is 0 Å². The molecule has 0 fully saturated rings.